The molecule has 0 aromatic carbocycles. The first-order chi connectivity index (χ1) is 17.3. The van der Waals surface area contributed by atoms with Crippen molar-refractivity contribution < 1.29 is 18.7 Å². The monoisotopic (exact) mass is 494 g/mol. The van der Waals surface area contributed by atoms with Crippen LogP contribution in [-0.2, 0) is 16.0 Å². The Kier molecular flexibility index (Phi) is 7.34. The molecule has 0 aliphatic rings. The van der Waals surface area contributed by atoms with Gasteiger partial charge >= 0.3 is 5.97 Å². The number of anilines is 2. The average molecular weight is 495 g/mol. The third kappa shape index (κ3) is 4.93. The largest absolute Gasteiger partial charge is 0.462 e. The van der Waals surface area contributed by atoms with Crippen molar-refractivity contribution in [1.82, 2.24) is 34.5 Å². The van der Waals surface area contributed by atoms with Gasteiger partial charge in [0.05, 0.1) is 43.0 Å². The average Bonchev–Trinajstić information content (AvgIpc) is 3.34. The van der Waals surface area contributed by atoms with Crippen molar-refractivity contribution in [2.24, 2.45) is 0 Å². The summed E-state index contributed by atoms with van der Waals surface area (Å²) >= 11 is 0. The second-order valence-electron chi connectivity index (χ2n) is 7.96. The summed E-state index contributed by atoms with van der Waals surface area (Å²) in [5.74, 6) is 0.803. The highest BCUT2D eigenvalue weighted by Gasteiger charge is 2.22. The Hall–Kier alpha value is -4.19. The first kappa shape index (κ1) is 24.9. The molecule has 188 valence electrons. The van der Waals surface area contributed by atoms with Gasteiger partial charge < -0.3 is 14.8 Å². The molecular formula is C24H27FN8O3. The zero-order chi connectivity index (χ0) is 25.8. The molecule has 0 amide bonds. The molecule has 1 N–H and O–H groups in total. The van der Waals surface area contributed by atoms with Crippen LogP contribution in [0.25, 0.3) is 17.2 Å². The third-order valence-electron chi connectivity index (χ3n) is 5.55. The highest BCUT2D eigenvalue weighted by molar-refractivity contribution is 5.92. The smallest absolute Gasteiger partial charge is 0.341 e. The minimum atomic E-state index is -0.425. The molecule has 4 aromatic rings. The summed E-state index contributed by atoms with van der Waals surface area (Å²) < 4.78 is 27.1. The number of hydrogen-bond donors (Lipinski definition) is 1. The number of nitrogens with zero attached hydrogens (tertiary/aromatic N) is 7. The van der Waals surface area contributed by atoms with Gasteiger partial charge in [0, 0.05) is 18.7 Å². The molecular weight excluding hydrogens is 467 g/mol. The number of carbonyl (C=O) groups is 1. The molecule has 36 heavy (non-hydrogen) atoms. The summed E-state index contributed by atoms with van der Waals surface area (Å²) in [5.41, 5.74) is 3.53. The second kappa shape index (κ2) is 10.6. The first-order valence-electron chi connectivity index (χ1n) is 11.3. The molecule has 4 rings (SSSR count). The Labute approximate surface area is 207 Å². The SMILES string of the molecule is CCOC(=O)c1c(C)nn(-c2cc(Nc3c(C)c(-c4ccc(F)cn4)nn3CCOC)ncn2)c1C. The van der Waals surface area contributed by atoms with Gasteiger partial charge in [0.25, 0.3) is 0 Å². The summed E-state index contributed by atoms with van der Waals surface area (Å²) in [6, 6.07) is 4.65. The topological polar surface area (TPSA) is 122 Å². The van der Waals surface area contributed by atoms with Gasteiger partial charge in [0.15, 0.2) is 5.82 Å². The Morgan fingerprint density at radius 1 is 1.14 bits per heavy atom. The van der Waals surface area contributed by atoms with E-state index in [1.54, 1.807) is 49.4 Å². The van der Waals surface area contributed by atoms with Crippen molar-refractivity contribution in [2.45, 2.75) is 34.2 Å². The second-order valence-corrected chi connectivity index (χ2v) is 7.96. The van der Waals surface area contributed by atoms with Crippen molar-refractivity contribution in [3.8, 4) is 17.2 Å². The minimum absolute atomic E-state index is 0.274. The Balaban J connectivity index is 1.70. The van der Waals surface area contributed by atoms with Crippen LogP contribution in [0.3, 0.4) is 0 Å². The highest BCUT2D eigenvalue weighted by Crippen LogP contribution is 2.29. The lowest BCUT2D eigenvalue weighted by atomic mass is 10.2. The summed E-state index contributed by atoms with van der Waals surface area (Å²) in [7, 11) is 1.61. The molecule has 4 aromatic heterocycles. The number of hydrogen-bond acceptors (Lipinski definition) is 9. The van der Waals surface area contributed by atoms with E-state index in [9.17, 15) is 9.18 Å². The standard InChI is InChI=1S/C24H27FN8O3/c1-6-36-24(34)21-15(3)30-33(16(21)4)20-11-19(27-13-28-20)29-23-14(2)22(31-32(23)9-10-35-5)18-8-7-17(25)12-26-18/h7-8,11-13H,6,9-10H2,1-5H3,(H,27,28,29). The fourth-order valence-electron chi connectivity index (χ4n) is 3.83. The molecule has 11 nitrogen and oxygen atoms in total. The lowest BCUT2D eigenvalue weighted by Crippen LogP contribution is -2.11. The Morgan fingerprint density at radius 3 is 2.64 bits per heavy atom. The maximum absolute atomic E-state index is 13.4. The Bertz CT molecular complexity index is 1380. The van der Waals surface area contributed by atoms with Crippen LogP contribution in [0.5, 0.6) is 0 Å². The molecule has 0 radical (unpaired) electrons. The Morgan fingerprint density at radius 2 is 1.94 bits per heavy atom. The van der Waals surface area contributed by atoms with E-state index >= 15 is 0 Å². The molecule has 0 unspecified atom stereocenters. The fraction of sp³-hybridized carbons (Fsp3) is 0.333. The number of aryl methyl sites for hydroxylation is 1. The van der Waals surface area contributed by atoms with Gasteiger partial charge in [0.2, 0.25) is 0 Å². The summed E-state index contributed by atoms with van der Waals surface area (Å²) in [5, 5.41) is 12.5. The molecule has 0 saturated carbocycles. The first-order valence-corrected chi connectivity index (χ1v) is 11.3. The van der Waals surface area contributed by atoms with Crippen LogP contribution in [0, 0.1) is 26.6 Å². The fourth-order valence-corrected chi connectivity index (χ4v) is 3.83. The van der Waals surface area contributed by atoms with Crippen LogP contribution in [0.15, 0.2) is 30.7 Å². The van der Waals surface area contributed by atoms with Crippen LogP contribution in [0.4, 0.5) is 16.0 Å². The van der Waals surface area contributed by atoms with E-state index in [0.29, 0.717) is 58.9 Å². The van der Waals surface area contributed by atoms with Gasteiger partial charge in [-0.2, -0.15) is 10.2 Å². The molecule has 0 spiro atoms. The molecule has 0 atom stereocenters. The van der Waals surface area contributed by atoms with Gasteiger partial charge in [0.1, 0.15) is 35.0 Å². The molecule has 0 fully saturated rings. The predicted octanol–water partition coefficient (Wildman–Crippen LogP) is 3.55. The summed E-state index contributed by atoms with van der Waals surface area (Å²) in [4.78, 5) is 25.2. The van der Waals surface area contributed by atoms with E-state index < -0.39 is 11.8 Å². The number of pyridine rings is 1. The molecule has 0 saturated heterocycles. The van der Waals surface area contributed by atoms with Crippen LogP contribution in [-0.4, -0.2) is 60.8 Å². The lowest BCUT2D eigenvalue weighted by molar-refractivity contribution is 0.0524. The van der Waals surface area contributed by atoms with Crippen molar-refractivity contribution in [1.29, 1.82) is 0 Å². The quantitative estimate of drug-likeness (QED) is 0.348. The maximum atomic E-state index is 13.4. The highest BCUT2D eigenvalue weighted by atomic mass is 19.1. The van der Waals surface area contributed by atoms with Crippen LogP contribution >= 0.6 is 0 Å². The molecule has 0 aliphatic heterocycles. The van der Waals surface area contributed by atoms with Crippen LogP contribution < -0.4 is 5.32 Å². The van der Waals surface area contributed by atoms with Crippen LogP contribution in [0.1, 0.15) is 34.2 Å². The number of ether oxygens (including phenoxy) is 2. The summed E-state index contributed by atoms with van der Waals surface area (Å²) in [6.07, 6.45) is 2.57. The van der Waals surface area contributed by atoms with Gasteiger partial charge in [-0.05, 0) is 39.8 Å². The molecule has 12 heteroatoms. The number of aromatic nitrogens is 7. The third-order valence-corrected chi connectivity index (χ3v) is 5.55. The molecule has 0 aliphatic carbocycles. The lowest BCUT2D eigenvalue weighted by Gasteiger charge is -2.11. The van der Waals surface area contributed by atoms with Crippen molar-refractivity contribution in [2.75, 3.05) is 25.6 Å². The zero-order valence-corrected chi connectivity index (χ0v) is 20.7. The van der Waals surface area contributed by atoms with E-state index in [1.807, 2.05) is 6.92 Å². The number of nitrogens with one attached hydrogen (secondary N) is 1. The van der Waals surface area contributed by atoms with Gasteiger partial charge in [-0.15, -0.1) is 0 Å². The van der Waals surface area contributed by atoms with E-state index in [-0.39, 0.29) is 6.61 Å². The normalized spacial score (nSPS) is 11.1. The van der Waals surface area contributed by atoms with Gasteiger partial charge in [-0.25, -0.2) is 28.5 Å². The minimum Gasteiger partial charge on any atom is -0.462 e. The van der Waals surface area contributed by atoms with E-state index in [4.69, 9.17) is 9.47 Å². The van der Waals surface area contributed by atoms with Crippen molar-refractivity contribution in [3.05, 3.63) is 59.1 Å². The number of halogens is 1. The number of carbonyl (C=O) groups excluding carboxylic acids is 1. The molecule has 0 bridgehead atoms. The van der Waals surface area contributed by atoms with E-state index in [1.165, 1.54) is 12.4 Å². The summed E-state index contributed by atoms with van der Waals surface area (Å²) in [6.45, 7) is 8.37. The number of esters is 1. The zero-order valence-electron chi connectivity index (χ0n) is 20.7. The van der Waals surface area contributed by atoms with Gasteiger partial charge in [-0.3, -0.25) is 4.98 Å². The number of rotatable bonds is 9. The molecule has 4 heterocycles. The van der Waals surface area contributed by atoms with Crippen molar-refractivity contribution >= 4 is 17.6 Å². The van der Waals surface area contributed by atoms with Gasteiger partial charge in [-0.1, -0.05) is 0 Å². The van der Waals surface area contributed by atoms with E-state index in [0.717, 1.165) is 11.8 Å². The number of methoxy groups -OCH3 is 1. The van der Waals surface area contributed by atoms with Crippen molar-refractivity contribution in [3.63, 3.8) is 0 Å². The van der Waals surface area contributed by atoms with E-state index in [2.05, 4.69) is 30.5 Å². The van der Waals surface area contributed by atoms with Crippen LogP contribution in [0.2, 0.25) is 0 Å². The predicted molar refractivity (Wildman–Crippen MR) is 130 cm³/mol. The maximum Gasteiger partial charge on any atom is 0.341 e.